The van der Waals surface area contributed by atoms with Gasteiger partial charge in [-0.3, -0.25) is 4.79 Å². The number of ether oxygens (including phenoxy) is 1. The van der Waals surface area contributed by atoms with Crippen LogP contribution in [0.15, 0.2) is 53.5 Å². The number of fused-ring (bicyclic) bond motifs is 1. The maximum atomic E-state index is 13.0. The Bertz CT molecular complexity index is 1060. The fraction of sp³-hybridized carbons (Fsp3) is 0.483. The average molecular weight is 492 g/mol. The molecule has 0 radical (unpaired) electrons. The Labute approximate surface area is 213 Å². The standard InChI is InChI=1S/C29H37N3O4/c1-2-23-24-8-3-4-9-25(24)31-27(23)28(33)32-26(29(34)35)19-21-10-12-22(13-11-21)36-18-6-5-7-20-14-16-30-17-15-20/h3-4,8-13,20,23,26,30H,2,5-7,14-19H2,1H3,(H,32,33)(H,34,35). The maximum absolute atomic E-state index is 13.0. The summed E-state index contributed by atoms with van der Waals surface area (Å²) < 4.78 is 5.88. The molecule has 2 aliphatic rings. The summed E-state index contributed by atoms with van der Waals surface area (Å²) >= 11 is 0. The van der Waals surface area contributed by atoms with Gasteiger partial charge in [-0.15, -0.1) is 0 Å². The number of para-hydroxylation sites is 1. The highest BCUT2D eigenvalue weighted by atomic mass is 16.5. The fourth-order valence-corrected chi connectivity index (χ4v) is 5.15. The maximum Gasteiger partial charge on any atom is 0.326 e. The summed E-state index contributed by atoms with van der Waals surface area (Å²) in [6.45, 7) is 4.97. The van der Waals surface area contributed by atoms with E-state index < -0.39 is 17.9 Å². The zero-order chi connectivity index (χ0) is 25.3. The minimum absolute atomic E-state index is 0.119. The molecule has 4 rings (SSSR count). The van der Waals surface area contributed by atoms with Crippen LogP contribution in [0.2, 0.25) is 0 Å². The van der Waals surface area contributed by atoms with Gasteiger partial charge in [0.25, 0.3) is 5.91 Å². The van der Waals surface area contributed by atoms with Gasteiger partial charge in [-0.05, 0) is 80.4 Å². The van der Waals surface area contributed by atoms with Crippen LogP contribution in [0.1, 0.15) is 62.5 Å². The van der Waals surface area contributed by atoms with Crippen molar-refractivity contribution >= 4 is 23.3 Å². The lowest BCUT2D eigenvalue weighted by Crippen LogP contribution is -2.46. The third-order valence-corrected chi connectivity index (χ3v) is 7.22. The molecule has 1 fully saturated rings. The summed E-state index contributed by atoms with van der Waals surface area (Å²) in [7, 11) is 0. The highest BCUT2D eigenvalue weighted by Crippen LogP contribution is 2.37. The second kappa shape index (κ2) is 12.7. The van der Waals surface area contributed by atoms with Gasteiger partial charge in [0.15, 0.2) is 0 Å². The van der Waals surface area contributed by atoms with E-state index in [9.17, 15) is 14.7 Å². The van der Waals surface area contributed by atoms with Gasteiger partial charge < -0.3 is 20.5 Å². The van der Waals surface area contributed by atoms with Crippen molar-refractivity contribution in [3.05, 3.63) is 59.7 Å². The number of carboxylic acids is 1. The number of aliphatic imine (C=N–C) groups is 1. The van der Waals surface area contributed by atoms with Crippen LogP contribution in [0, 0.1) is 5.92 Å². The van der Waals surface area contributed by atoms with Crippen molar-refractivity contribution in [2.24, 2.45) is 10.9 Å². The lowest BCUT2D eigenvalue weighted by molar-refractivity contribution is -0.141. The predicted octanol–water partition coefficient (Wildman–Crippen LogP) is 4.63. The molecule has 2 aromatic carbocycles. The molecular weight excluding hydrogens is 454 g/mol. The molecule has 0 saturated carbocycles. The third-order valence-electron chi connectivity index (χ3n) is 7.22. The number of nitrogens with one attached hydrogen (secondary N) is 2. The van der Waals surface area contributed by atoms with Crippen LogP contribution >= 0.6 is 0 Å². The van der Waals surface area contributed by atoms with E-state index >= 15 is 0 Å². The van der Waals surface area contributed by atoms with Gasteiger partial charge in [0.1, 0.15) is 17.5 Å². The first-order valence-corrected chi connectivity index (χ1v) is 13.2. The number of rotatable bonds is 12. The number of hydrogen-bond donors (Lipinski definition) is 3. The summed E-state index contributed by atoms with van der Waals surface area (Å²) in [4.78, 5) is 29.4. The Morgan fingerprint density at radius 3 is 2.58 bits per heavy atom. The summed E-state index contributed by atoms with van der Waals surface area (Å²) in [6.07, 6.45) is 6.95. The van der Waals surface area contributed by atoms with Gasteiger partial charge in [0, 0.05) is 12.3 Å². The highest BCUT2D eigenvalue weighted by Gasteiger charge is 2.32. The topological polar surface area (TPSA) is 100 Å². The van der Waals surface area contributed by atoms with Gasteiger partial charge in [0.05, 0.1) is 12.3 Å². The highest BCUT2D eigenvalue weighted by molar-refractivity contribution is 6.42. The van der Waals surface area contributed by atoms with E-state index in [4.69, 9.17) is 4.74 Å². The molecule has 3 N–H and O–H groups in total. The Balaban J connectivity index is 1.25. The van der Waals surface area contributed by atoms with Crippen LogP contribution in [0.3, 0.4) is 0 Å². The zero-order valence-electron chi connectivity index (χ0n) is 21.0. The summed E-state index contributed by atoms with van der Waals surface area (Å²) in [6, 6.07) is 14.1. The van der Waals surface area contributed by atoms with E-state index in [1.54, 1.807) is 0 Å². The molecule has 192 valence electrons. The van der Waals surface area contributed by atoms with Crippen LogP contribution < -0.4 is 15.4 Å². The minimum atomic E-state index is -1.07. The normalized spacial score (nSPS) is 18.2. The number of carboxylic acid groups (broad SMARTS) is 1. The summed E-state index contributed by atoms with van der Waals surface area (Å²) in [5.74, 6) is 0.0146. The van der Waals surface area contributed by atoms with Gasteiger partial charge in [-0.2, -0.15) is 0 Å². The van der Waals surface area contributed by atoms with E-state index in [0.29, 0.717) is 12.3 Å². The summed E-state index contributed by atoms with van der Waals surface area (Å²) in [5, 5.41) is 15.9. The average Bonchev–Trinajstić information content (AvgIpc) is 3.28. The number of carbonyl (C=O) groups is 2. The van der Waals surface area contributed by atoms with Crippen molar-refractivity contribution in [3.63, 3.8) is 0 Å². The fourth-order valence-electron chi connectivity index (χ4n) is 5.15. The van der Waals surface area contributed by atoms with E-state index in [-0.39, 0.29) is 12.3 Å². The van der Waals surface area contributed by atoms with Crippen LogP contribution in [-0.2, 0) is 16.0 Å². The molecule has 2 aliphatic heterocycles. The monoisotopic (exact) mass is 491 g/mol. The molecule has 1 amide bonds. The first-order chi connectivity index (χ1) is 17.5. The Kier molecular flexibility index (Phi) is 9.11. The van der Waals surface area contributed by atoms with Crippen molar-refractivity contribution in [2.45, 2.75) is 63.8 Å². The van der Waals surface area contributed by atoms with Crippen molar-refractivity contribution in [1.82, 2.24) is 10.6 Å². The number of benzene rings is 2. The van der Waals surface area contributed by atoms with Crippen molar-refractivity contribution in [2.75, 3.05) is 19.7 Å². The Morgan fingerprint density at radius 1 is 1.11 bits per heavy atom. The van der Waals surface area contributed by atoms with Gasteiger partial charge in [-0.25, -0.2) is 9.79 Å². The van der Waals surface area contributed by atoms with Crippen LogP contribution in [0.4, 0.5) is 5.69 Å². The van der Waals surface area contributed by atoms with Gasteiger partial charge in [-0.1, -0.05) is 43.7 Å². The van der Waals surface area contributed by atoms with E-state index in [1.165, 1.54) is 25.7 Å². The second-order valence-electron chi connectivity index (χ2n) is 9.77. The lowest BCUT2D eigenvalue weighted by Gasteiger charge is -2.22. The van der Waals surface area contributed by atoms with Gasteiger partial charge >= 0.3 is 5.97 Å². The van der Waals surface area contributed by atoms with E-state index in [1.807, 2.05) is 55.5 Å². The molecule has 0 aromatic heterocycles. The first kappa shape index (κ1) is 25.9. The number of aliphatic carboxylic acids is 1. The predicted molar refractivity (Wildman–Crippen MR) is 141 cm³/mol. The number of unbranched alkanes of at least 4 members (excludes halogenated alkanes) is 1. The first-order valence-electron chi connectivity index (χ1n) is 13.2. The van der Waals surface area contributed by atoms with Crippen molar-refractivity contribution in [3.8, 4) is 5.75 Å². The van der Waals surface area contributed by atoms with Gasteiger partial charge in [0.2, 0.25) is 0 Å². The molecule has 7 heteroatoms. The van der Waals surface area contributed by atoms with Crippen molar-refractivity contribution in [1.29, 1.82) is 0 Å². The largest absolute Gasteiger partial charge is 0.494 e. The molecule has 7 nitrogen and oxygen atoms in total. The minimum Gasteiger partial charge on any atom is -0.494 e. The Morgan fingerprint density at radius 2 is 1.86 bits per heavy atom. The molecule has 2 heterocycles. The molecule has 2 aromatic rings. The number of nitrogens with zero attached hydrogens (tertiary/aromatic N) is 1. The zero-order valence-corrected chi connectivity index (χ0v) is 21.0. The number of hydrogen-bond acceptors (Lipinski definition) is 5. The second-order valence-corrected chi connectivity index (χ2v) is 9.77. The van der Waals surface area contributed by atoms with E-state index in [2.05, 4.69) is 15.6 Å². The number of piperidine rings is 1. The van der Waals surface area contributed by atoms with E-state index in [0.717, 1.165) is 54.4 Å². The molecule has 0 aliphatic carbocycles. The molecular formula is C29H37N3O4. The lowest BCUT2D eigenvalue weighted by atomic mass is 9.92. The summed E-state index contributed by atoms with van der Waals surface area (Å²) in [5.41, 5.74) is 3.00. The molecule has 2 atom stereocenters. The third kappa shape index (κ3) is 6.72. The quantitative estimate of drug-likeness (QED) is 0.376. The van der Waals surface area contributed by atoms with Crippen molar-refractivity contribution < 1.29 is 19.4 Å². The SMILES string of the molecule is CCC1C(C(=O)NC(Cc2ccc(OCCCCC3CCNCC3)cc2)C(=O)O)=Nc2ccccc21. The molecule has 0 spiro atoms. The molecule has 36 heavy (non-hydrogen) atoms. The van der Waals surface area contributed by atoms with Crippen LogP contribution in [0.25, 0.3) is 0 Å². The number of carbonyl (C=O) groups excluding carboxylic acids is 1. The molecule has 1 saturated heterocycles. The smallest absolute Gasteiger partial charge is 0.326 e. The Hall–Kier alpha value is -3.19. The number of amides is 1. The molecule has 2 unspecified atom stereocenters. The van der Waals surface area contributed by atoms with Crippen LogP contribution in [0.5, 0.6) is 5.75 Å². The van der Waals surface area contributed by atoms with Crippen LogP contribution in [-0.4, -0.2) is 48.4 Å². The molecule has 0 bridgehead atoms.